The maximum Gasteiger partial charge on any atom is 0.141 e. The third-order valence-corrected chi connectivity index (χ3v) is 4.03. The van der Waals surface area contributed by atoms with Crippen LogP contribution in [-0.2, 0) is 9.53 Å². The Hall–Kier alpha value is -0.370. The van der Waals surface area contributed by atoms with Gasteiger partial charge in [0.05, 0.1) is 12.2 Å². The first kappa shape index (κ1) is 7.07. The summed E-state index contributed by atoms with van der Waals surface area (Å²) in [5.41, 5.74) is 0.0509. The lowest BCUT2D eigenvalue weighted by Gasteiger charge is -2.53. The molecule has 66 valence electrons. The predicted octanol–water partition coefficient (Wildman–Crippen LogP) is 1.53. The Bertz CT molecular complexity index is 236. The van der Waals surface area contributed by atoms with E-state index < -0.39 is 0 Å². The van der Waals surface area contributed by atoms with Gasteiger partial charge in [-0.1, -0.05) is 6.42 Å². The van der Waals surface area contributed by atoms with Gasteiger partial charge >= 0.3 is 0 Å². The van der Waals surface area contributed by atoms with Crippen LogP contribution in [-0.4, -0.2) is 18.0 Å². The lowest BCUT2D eigenvalue weighted by molar-refractivity contribution is -0.201. The maximum atomic E-state index is 11.5. The van der Waals surface area contributed by atoms with E-state index >= 15 is 0 Å². The molecule has 2 heteroatoms. The van der Waals surface area contributed by atoms with Crippen molar-refractivity contribution in [2.75, 3.05) is 6.61 Å². The molecule has 0 aromatic rings. The Morgan fingerprint density at radius 3 is 3.25 bits per heavy atom. The fourth-order valence-electron chi connectivity index (χ4n) is 3.38. The first-order chi connectivity index (χ1) is 5.83. The number of ether oxygens (including phenoxy) is 1. The van der Waals surface area contributed by atoms with E-state index in [1.807, 2.05) is 0 Å². The second kappa shape index (κ2) is 2.11. The average Bonchev–Trinajstić information content (AvgIpc) is 2.33. The Balaban J connectivity index is 1.92. The topological polar surface area (TPSA) is 26.3 Å². The SMILES string of the molecule is O=C1CCO[C@]23CCC[C@H]2C[C@H]13. The molecule has 0 aromatic carbocycles. The van der Waals surface area contributed by atoms with E-state index in [4.69, 9.17) is 4.74 Å². The predicted molar refractivity (Wildman–Crippen MR) is 43.8 cm³/mol. The van der Waals surface area contributed by atoms with Gasteiger partial charge in [-0.05, 0) is 25.2 Å². The lowest BCUT2D eigenvalue weighted by Crippen LogP contribution is -2.60. The number of rotatable bonds is 0. The summed E-state index contributed by atoms with van der Waals surface area (Å²) in [6.45, 7) is 0.686. The van der Waals surface area contributed by atoms with Crippen LogP contribution in [0.15, 0.2) is 0 Å². The van der Waals surface area contributed by atoms with Gasteiger partial charge in [0.1, 0.15) is 5.78 Å². The van der Waals surface area contributed by atoms with Crippen molar-refractivity contribution in [3.05, 3.63) is 0 Å². The number of Topliss-reactive ketones (excluding diaryl/α,β-unsaturated/α-hetero) is 1. The molecule has 3 fully saturated rings. The molecule has 0 bridgehead atoms. The summed E-state index contributed by atoms with van der Waals surface area (Å²) in [5, 5.41) is 0. The van der Waals surface area contributed by atoms with Gasteiger partial charge in [-0.3, -0.25) is 4.79 Å². The first-order valence-electron chi connectivity index (χ1n) is 4.99. The zero-order valence-corrected chi connectivity index (χ0v) is 7.21. The highest BCUT2D eigenvalue weighted by atomic mass is 16.5. The van der Waals surface area contributed by atoms with Crippen LogP contribution in [0.1, 0.15) is 32.1 Å². The van der Waals surface area contributed by atoms with Crippen LogP contribution in [0.25, 0.3) is 0 Å². The van der Waals surface area contributed by atoms with Crippen LogP contribution in [0.4, 0.5) is 0 Å². The monoisotopic (exact) mass is 166 g/mol. The molecule has 2 nitrogen and oxygen atoms in total. The molecule has 1 heterocycles. The number of hydrogen-bond donors (Lipinski definition) is 0. The van der Waals surface area contributed by atoms with Gasteiger partial charge < -0.3 is 4.74 Å². The normalized spacial score (nSPS) is 51.2. The van der Waals surface area contributed by atoms with E-state index in [2.05, 4.69) is 0 Å². The van der Waals surface area contributed by atoms with Crippen molar-refractivity contribution in [2.45, 2.75) is 37.7 Å². The van der Waals surface area contributed by atoms with E-state index in [-0.39, 0.29) is 5.60 Å². The molecule has 3 aliphatic rings. The third-order valence-electron chi connectivity index (χ3n) is 4.03. The number of hydrogen-bond acceptors (Lipinski definition) is 2. The molecule has 0 aromatic heterocycles. The molecule has 0 radical (unpaired) electrons. The summed E-state index contributed by atoms with van der Waals surface area (Å²) in [7, 11) is 0. The van der Waals surface area contributed by atoms with Gasteiger partial charge in [0.15, 0.2) is 0 Å². The van der Waals surface area contributed by atoms with Gasteiger partial charge in [-0.15, -0.1) is 0 Å². The van der Waals surface area contributed by atoms with Gasteiger partial charge in [0.2, 0.25) is 0 Å². The largest absolute Gasteiger partial charge is 0.374 e. The molecule has 1 saturated heterocycles. The molecule has 0 unspecified atom stereocenters. The Morgan fingerprint density at radius 2 is 2.42 bits per heavy atom. The Morgan fingerprint density at radius 1 is 1.50 bits per heavy atom. The summed E-state index contributed by atoms with van der Waals surface area (Å²) in [6.07, 6.45) is 5.50. The van der Waals surface area contributed by atoms with Crippen LogP contribution in [0, 0.1) is 11.8 Å². The molecule has 3 rings (SSSR count). The van der Waals surface area contributed by atoms with E-state index in [9.17, 15) is 4.79 Å². The molecule has 0 N–H and O–H groups in total. The second-order valence-corrected chi connectivity index (χ2v) is 4.40. The lowest BCUT2D eigenvalue weighted by atomic mass is 9.59. The Labute approximate surface area is 72.3 Å². The average molecular weight is 166 g/mol. The standard InChI is InChI=1S/C10H14O2/c11-9-3-5-12-10-4-1-2-7(10)6-8(9)10/h7-8H,1-6H2/t7-,8+,10+/m0/s1. The first-order valence-corrected chi connectivity index (χ1v) is 4.99. The second-order valence-electron chi connectivity index (χ2n) is 4.40. The molecule has 3 atom stereocenters. The smallest absolute Gasteiger partial charge is 0.141 e. The van der Waals surface area contributed by atoms with Crippen molar-refractivity contribution < 1.29 is 9.53 Å². The highest BCUT2D eigenvalue weighted by Gasteiger charge is 2.62. The maximum absolute atomic E-state index is 11.5. The highest BCUT2D eigenvalue weighted by Crippen LogP contribution is 2.58. The van der Waals surface area contributed by atoms with E-state index in [1.165, 1.54) is 12.8 Å². The van der Waals surface area contributed by atoms with Crippen LogP contribution in [0.3, 0.4) is 0 Å². The number of carbonyl (C=O) groups excluding carboxylic acids is 1. The molecule has 0 amide bonds. The number of carbonyl (C=O) groups is 1. The fraction of sp³-hybridized carbons (Fsp3) is 0.900. The van der Waals surface area contributed by atoms with Crippen molar-refractivity contribution in [1.29, 1.82) is 0 Å². The van der Waals surface area contributed by atoms with Crippen LogP contribution in [0.5, 0.6) is 0 Å². The summed E-state index contributed by atoms with van der Waals surface area (Å²) in [4.78, 5) is 11.5. The zero-order chi connectivity index (χ0) is 8.18. The van der Waals surface area contributed by atoms with E-state index in [0.717, 1.165) is 18.8 Å². The summed E-state index contributed by atoms with van der Waals surface area (Å²) in [5.74, 6) is 1.49. The van der Waals surface area contributed by atoms with Gasteiger partial charge in [0.25, 0.3) is 0 Å². The highest BCUT2D eigenvalue weighted by molar-refractivity contribution is 5.84. The van der Waals surface area contributed by atoms with Crippen molar-refractivity contribution in [3.8, 4) is 0 Å². The number of ketones is 1. The Kier molecular flexibility index (Phi) is 1.24. The van der Waals surface area contributed by atoms with Crippen molar-refractivity contribution >= 4 is 5.78 Å². The molecule has 1 spiro atoms. The van der Waals surface area contributed by atoms with E-state index in [0.29, 0.717) is 24.7 Å². The zero-order valence-electron chi connectivity index (χ0n) is 7.21. The summed E-state index contributed by atoms with van der Waals surface area (Å²) in [6, 6.07) is 0. The minimum absolute atomic E-state index is 0.0509. The quantitative estimate of drug-likeness (QED) is 0.545. The third kappa shape index (κ3) is 0.634. The molecule has 12 heavy (non-hydrogen) atoms. The van der Waals surface area contributed by atoms with Crippen molar-refractivity contribution in [3.63, 3.8) is 0 Å². The van der Waals surface area contributed by atoms with Gasteiger partial charge in [-0.2, -0.15) is 0 Å². The minimum Gasteiger partial charge on any atom is -0.374 e. The van der Waals surface area contributed by atoms with Gasteiger partial charge in [0, 0.05) is 12.3 Å². The summed E-state index contributed by atoms with van der Waals surface area (Å²) >= 11 is 0. The molecule has 2 saturated carbocycles. The van der Waals surface area contributed by atoms with Gasteiger partial charge in [-0.25, -0.2) is 0 Å². The fourth-order valence-corrected chi connectivity index (χ4v) is 3.38. The summed E-state index contributed by atoms with van der Waals surface area (Å²) < 4.78 is 5.84. The van der Waals surface area contributed by atoms with Crippen LogP contribution in [0.2, 0.25) is 0 Å². The van der Waals surface area contributed by atoms with Crippen molar-refractivity contribution in [2.24, 2.45) is 11.8 Å². The van der Waals surface area contributed by atoms with E-state index in [1.54, 1.807) is 0 Å². The van der Waals surface area contributed by atoms with Crippen LogP contribution < -0.4 is 0 Å². The van der Waals surface area contributed by atoms with Crippen molar-refractivity contribution in [1.82, 2.24) is 0 Å². The molecular weight excluding hydrogens is 152 g/mol. The minimum atomic E-state index is 0.0509. The molecule has 2 aliphatic carbocycles. The molecular formula is C10H14O2. The van der Waals surface area contributed by atoms with Crippen LogP contribution >= 0.6 is 0 Å². The molecule has 1 aliphatic heterocycles.